The number of aliphatic hydroxyl groups is 1. The first-order valence-corrected chi connectivity index (χ1v) is 10.9. The SMILES string of the molecule is CCOC(=O)C(=[N+]=[N-])[C@@]1(O)C=CCC[C@@H]1O[Si](C)(C)C(C)(C)C. The summed E-state index contributed by atoms with van der Waals surface area (Å²) >= 11 is 0. The van der Waals surface area contributed by atoms with Gasteiger partial charge in [0.25, 0.3) is 0 Å². The second-order valence-corrected chi connectivity index (χ2v) is 12.1. The van der Waals surface area contributed by atoms with Crippen LogP contribution in [0.4, 0.5) is 0 Å². The van der Waals surface area contributed by atoms with Crippen LogP contribution in [-0.4, -0.2) is 48.2 Å². The number of nitrogens with zero attached hydrogens (tertiary/aromatic N) is 2. The van der Waals surface area contributed by atoms with E-state index in [9.17, 15) is 15.4 Å². The van der Waals surface area contributed by atoms with Crippen LogP contribution in [0, 0.1) is 0 Å². The topological polar surface area (TPSA) is 92.2 Å². The maximum atomic E-state index is 12.0. The molecule has 1 rings (SSSR count). The average Bonchev–Trinajstić information content (AvgIpc) is 2.41. The number of ether oxygens (including phenoxy) is 1. The van der Waals surface area contributed by atoms with Gasteiger partial charge >= 0.3 is 11.7 Å². The minimum Gasteiger partial charge on any atom is -0.457 e. The lowest BCUT2D eigenvalue weighted by molar-refractivity contribution is -0.144. The Morgan fingerprint density at radius 1 is 1.48 bits per heavy atom. The first-order valence-electron chi connectivity index (χ1n) is 7.97. The maximum absolute atomic E-state index is 12.0. The first kappa shape index (κ1) is 19.8. The second kappa shape index (κ2) is 7.09. The molecule has 0 aromatic heterocycles. The molecule has 0 saturated heterocycles. The third-order valence-electron chi connectivity index (χ3n) is 4.65. The molecule has 0 heterocycles. The summed E-state index contributed by atoms with van der Waals surface area (Å²) in [5.41, 5.74) is 7.05. The minimum atomic E-state index is -2.18. The molecular weight excluding hydrogens is 312 g/mol. The molecule has 130 valence electrons. The lowest BCUT2D eigenvalue weighted by atomic mass is 9.84. The molecule has 0 bridgehead atoms. The first-order chi connectivity index (χ1) is 10.5. The van der Waals surface area contributed by atoms with E-state index >= 15 is 0 Å². The summed E-state index contributed by atoms with van der Waals surface area (Å²) in [6, 6.07) is 0. The lowest BCUT2D eigenvalue weighted by Gasteiger charge is -2.43. The summed E-state index contributed by atoms with van der Waals surface area (Å²) in [5.74, 6) is -0.840. The minimum absolute atomic E-state index is 0.0461. The Kier molecular flexibility index (Phi) is 6.10. The molecule has 1 N–H and O–H groups in total. The fourth-order valence-electron chi connectivity index (χ4n) is 2.23. The predicted octanol–water partition coefficient (Wildman–Crippen LogP) is 2.69. The van der Waals surface area contributed by atoms with Crippen LogP contribution < -0.4 is 0 Å². The number of carbonyl (C=O) groups is 1. The van der Waals surface area contributed by atoms with Crippen LogP contribution in [0.2, 0.25) is 18.1 Å². The summed E-state index contributed by atoms with van der Waals surface area (Å²) in [6.45, 7) is 12.2. The predicted molar refractivity (Wildman–Crippen MR) is 90.7 cm³/mol. The lowest BCUT2D eigenvalue weighted by Crippen LogP contribution is -2.58. The van der Waals surface area contributed by atoms with E-state index in [0.717, 1.165) is 6.42 Å². The van der Waals surface area contributed by atoms with Gasteiger partial charge in [-0.25, -0.2) is 4.79 Å². The monoisotopic (exact) mass is 340 g/mol. The Bertz CT molecular complexity index is 533. The highest BCUT2D eigenvalue weighted by Crippen LogP contribution is 2.40. The Morgan fingerprint density at radius 3 is 2.57 bits per heavy atom. The molecule has 2 atom stereocenters. The van der Waals surface area contributed by atoms with Crippen molar-refractivity contribution in [1.82, 2.24) is 0 Å². The molecule has 0 aromatic rings. The van der Waals surface area contributed by atoms with Crippen LogP contribution in [0.5, 0.6) is 0 Å². The molecule has 1 aliphatic rings. The van der Waals surface area contributed by atoms with E-state index in [0.29, 0.717) is 6.42 Å². The summed E-state index contributed by atoms with van der Waals surface area (Å²) in [6.07, 6.45) is 3.85. The van der Waals surface area contributed by atoms with E-state index in [1.165, 1.54) is 6.08 Å². The van der Waals surface area contributed by atoms with Gasteiger partial charge in [-0.1, -0.05) is 26.8 Å². The normalized spacial score (nSPS) is 24.9. The van der Waals surface area contributed by atoms with Crippen LogP contribution in [0.3, 0.4) is 0 Å². The van der Waals surface area contributed by atoms with E-state index in [4.69, 9.17) is 9.16 Å². The van der Waals surface area contributed by atoms with Gasteiger partial charge < -0.3 is 19.8 Å². The highest BCUT2D eigenvalue weighted by atomic mass is 28.4. The van der Waals surface area contributed by atoms with Crippen molar-refractivity contribution in [2.24, 2.45) is 0 Å². The Hall–Kier alpha value is -1.27. The van der Waals surface area contributed by atoms with E-state index in [-0.39, 0.29) is 11.6 Å². The van der Waals surface area contributed by atoms with Gasteiger partial charge in [0.1, 0.15) is 0 Å². The van der Waals surface area contributed by atoms with Crippen LogP contribution in [0.15, 0.2) is 12.2 Å². The fourth-order valence-corrected chi connectivity index (χ4v) is 3.60. The highest BCUT2D eigenvalue weighted by Gasteiger charge is 2.54. The third-order valence-corrected chi connectivity index (χ3v) is 9.14. The van der Waals surface area contributed by atoms with Crippen molar-refractivity contribution < 1.29 is 23.9 Å². The van der Waals surface area contributed by atoms with Gasteiger partial charge in [-0.05, 0) is 44.0 Å². The third kappa shape index (κ3) is 4.17. The van der Waals surface area contributed by atoms with Crippen molar-refractivity contribution in [1.29, 1.82) is 0 Å². The van der Waals surface area contributed by atoms with E-state index in [2.05, 4.69) is 38.7 Å². The van der Waals surface area contributed by atoms with Gasteiger partial charge in [-0.2, -0.15) is 4.79 Å². The summed E-state index contributed by atoms with van der Waals surface area (Å²) < 4.78 is 11.2. The number of esters is 1. The molecule has 23 heavy (non-hydrogen) atoms. The largest absolute Gasteiger partial charge is 0.457 e. The molecule has 0 aromatic carbocycles. The van der Waals surface area contributed by atoms with Gasteiger partial charge in [-0.15, -0.1) is 0 Å². The van der Waals surface area contributed by atoms with Crippen molar-refractivity contribution in [3.63, 3.8) is 0 Å². The average molecular weight is 340 g/mol. The molecule has 0 fully saturated rings. The standard InChI is InChI=1S/C16H28N2O4Si/c1-7-21-14(19)13(18-17)16(20)11-9-8-10-12(16)22-23(5,6)15(2,3)4/h9,11-12,20H,7-8,10H2,1-6H3/t12-,16+/m0/s1. The van der Waals surface area contributed by atoms with Gasteiger partial charge in [0.15, 0.2) is 8.32 Å². The highest BCUT2D eigenvalue weighted by molar-refractivity contribution is 6.74. The van der Waals surface area contributed by atoms with Crippen molar-refractivity contribution in [2.75, 3.05) is 6.61 Å². The van der Waals surface area contributed by atoms with E-state index in [1.54, 1.807) is 13.0 Å². The Labute approximate surface area is 139 Å². The van der Waals surface area contributed by atoms with Crippen molar-refractivity contribution in [2.45, 2.75) is 70.4 Å². The van der Waals surface area contributed by atoms with Crippen LogP contribution in [-0.2, 0) is 14.0 Å². The van der Waals surface area contributed by atoms with Crippen LogP contribution >= 0.6 is 0 Å². The summed E-state index contributed by atoms with van der Waals surface area (Å²) in [7, 11) is -2.18. The molecule has 0 saturated carbocycles. The number of hydrogen-bond donors (Lipinski definition) is 1. The summed E-state index contributed by atoms with van der Waals surface area (Å²) in [5, 5.41) is 11.0. The number of rotatable bonds is 5. The molecule has 1 aliphatic carbocycles. The molecule has 6 nitrogen and oxygen atoms in total. The molecule has 0 unspecified atom stereocenters. The van der Waals surface area contributed by atoms with Gasteiger partial charge in [0, 0.05) is 0 Å². The van der Waals surface area contributed by atoms with Crippen LogP contribution in [0.1, 0.15) is 40.5 Å². The van der Waals surface area contributed by atoms with Crippen molar-refractivity contribution in [3.8, 4) is 0 Å². The molecule has 0 radical (unpaired) electrons. The zero-order valence-electron chi connectivity index (χ0n) is 14.9. The summed E-state index contributed by atoms with van der Waals surface area (Å²) in [4.78, 5) is 15.1. The number of allylic oxidation sites excluding steroid dienone is 1. The quantitative estimate of drug-likeness (QED) is 0.208. The second-order valence-electron chi connectivity index (χ2n) is 7.34. The number of carbonyl (C=O) groups excluding carboxylic acids is 1. The molecule has 0 amide bonds. The van der Waals surface area contributed by atoms with Crippen LogP contribution in [0.25, 0.3) is 5.53 Å². The zero-order valence-corrected chi connectivity index (χ0v) is 15.9. The van der Waals surface area contributed by atoms with E-state index < -0.39 is 31.7 Å². The van der Waals surface area contributed by atoms with Crippen molar-refractivity contribution in [3.05, 3.63) is 17.7 Å². The molecular formula is C16H28N2O4Si. The zero-order chi connectivity index (χ0) is 17.9. The van der Waals surface area contributed by atoms with Crippen molar-refractivity contribution >= 4 is 20.0 Å². The molecule has 7 heteroatoms. The fraction of sp³-hybridized carbons (Fsp3) is 0.750. The number of hydrogen-bond acceptors (Lipinski definition) is 4. The van der Waals surface area contributed by atoms with Gasteiger partial charge in [0.2, 0.25) is 5.60 Å². The Balaban J connectivity index is 3.19. The van der Waals surface area contributed by atoms with Gasteiger partial charge in [0.05, 0.1) is 12.7 Å². The van der Waals surface area contributed by atoms with Gasteiger partial charge in [-0.3, -0.25) is 0 Å². The van der Waals surface area contributed by atoms with E-state index in [1.807, 2.05) is 0 Å². The smallest absolute Gasteiger partial charge is 0.420 e. The Morgan fingerprint density at radius 2 is 2.09 bits per heavy atom. The maximum Gasteiger partial charge on any atom is 0.420 e. The molecule has 0 aliphatic heterocycles. The molecule has 0 spiro atoms.